The Hall–Kier alpha value is -1.76. The molecule has 0 radical (unpaired) electrons. The number of aliphatic hydroxyl groups is 2. The van der Waals surface area contributed by atoms with Gasteiger partial charge in [-0.1, -0.05) is 25.5 Å². The van der Waals surface area contributed by atoms with Crippen molar-refractivity contribution in [1.29, 1.82) is 0 Å². The van der Waals surface area contributed by atoms with Crippen molar-refractivity contribution in [3.8, 4) is 11.5 Å². The summed E-state index contributed by atoms with van der Waals surface area (Å²) < 4.78 is 19.7. The van der Waals surface area contributed by atoms with Crippen LogP contribution >= 0.6 is 0 Å². The molecule has 3 rings (SSSR count). The average molecular weight is 362 g/mol. The topological polar surface area (TPSA) is 69.7 Å². The van der Waals surface area contributed by atoms with Crippen molar-refractivity contribution in [2.24, 2.45) is 5.41 Å². The molecule has 0 aliphatic carbocycles. The third-order valence-electron chi connectivity index (χ3n) is 5.40. The van der Waals surface area contributed by atoms with Gasteiger partial charge < -0.3 is 14.6 Å². The third-order valence-corrected chi connectivity index (χ3v) is 5.40. The molecule has 1 aromatic heterocycles. The number of rotatable bonds is 6. The third kappa shape index (κ3) is 3.68. The molecule has 0 saturated carbocycles. The normalized spacial score (nSPS) is 24.1. The quantitative estimate of drug-likeness (QED) is 0.826. The maximum Gasteiger partial charge on any atom is 0.229 e. The minimum atomic E-state index is -0.490. The van der Waals surface area contributed by atoms with E-state index in [0.29, 0.717) is 30.8 Å². The maximum atomic E-state index is 14.0. The average Bonchev–Trinajstić information content (AvgIpc) is 2.99. The molecule has 26 heavy (non-hydrogen) atoms. The monoisotopic (exact) mass is 362 g/mol. The Balaban J connectivity index is 1.78. The molecular weight excluding hydrogens is 335 g/mol. The number of hydrogen-bond acceptors (Lipinski definition) is 5. The van der Waals surface area contributed by atoms with Gasteiger partial charge in [-0.2, -0.15) is 0 Å². The van der Waals surface area contributed by atoms with Crippen LogP contribution in [-0.4, -0.2) is 45.9 Å². The molecule has 0 bridgehead atoms. The van der Waals surface area contributed by atoms with E-state index in [9.17, 15) is 14.6 Å². The lowest BCUT2D eigenvalue weighted by Crippen LogP contribution is -2.53. The Morgan fingerprint density at radius 1 is 1.38 bits per heavy atom. The molecule has 1 aliphatic rings. The number of benzene rings is 1. The Kier molecular flexibility index (Phi) is 5.75. The molecular formula is C20H27FN2O3. The fraction of sp³-hybridized carbons (Fsp3) is 0.550. The summed E-state index contributed by atoms with van der Waals surface area (Å²) >= 11 is 0. The van der Waals surface area contributed by atoms with Crippen molar-refractivity contribution in [2.75, 3.05) is 19.7 Å². The van der Waals surface area contributed by atoms with Crippen LogP contribution in [0.2, 0.25) is 0 Å². The zero-order chi connectivity index (χ0) is 18.7. The SMILES string of the molecule is CCC[C@@]1(CO)CN(Cc2nc(-c3ccccc3F)oc2C)CC[C@H]1O. The van der Waals surface area contributed by atoms with Gasteiger partial charge in [0, 0.05) is 25.0 Å². The molecule has 2 aromatic rings. The van der Waals surface area contributed by atoms with Crippen molar-refractivity contribution >= 4 is 0 Å². The first-order chi connectivity index (χ1) is 12.5. The van der Waals surface area contributed by atoms with E-state index in [1.165, 1.54) is 6.07 Å². The van der Waals surface area contributed by atoms with E-state index >= 15 is 0 Å². The Morgan fingerprint density at radius 2 is 2.15 bits per heavy atom. The zero-order valence-corrected chi connectivity index (χ0v) is 15.4. The second-order valence-corrected chi connectivity index (χ2v) is 7.29. The molecule has 1 saturated heterocycles. The molecule has 2 heterocycles. The van der Waals surface area contributed by atoms with Gasteiger partial charge in [-0.25, -0.2) is 9.37 Å². The number of aliphatic hydroxyl groups excluding tert-OH is 2. The maximum absolute atomic E-state index is 14.0. The van der Waals surface area contributed by atoms with E-state index in [1.54, 1.807) is 18.2 Å². The zero-order valence-electron chi connectivity index (χ0n) is 15.4. The van der Waals surface area contributed by atoms with Gasteiger partial charge in [0.1, 0.15) is 11.6 Å². The van der Waals surface area contributed by atoms with Crippen LogP contribution in [0.25, 0.3) is 11.5 Å². The molecule has 1 fully saturated rings. The molecule has 5 nitrogen and oxygen atoms in total. The fourth-order valence-corrected chi connectivity index (χ4v) is 3.89. The number of aryl methyl sites for hydroxylation is 1. The summed E-state index contributed by atoms with van der Waals surface area (Å²) in [5.74, 6) is 0.595. The summed E-state index contributed by atoms with van der Waals surface area (Å²) in [5.41, 5.74) is 0.633. The highest BCUT2D eigenvalue weighted by Gasteiger charge is 2.41. The molecule has 0 amide bonds. The number of hydrogen-bond donors (Lipinski definition) is 2. The van der Waals surface area contributed by atoms with Gasteiger partial charge in [-0.05, 0) is 31.9 Å². The number of halogens is 1. The van der Waals surface area contributed by atoms with E-state index in [0.717, 1.165) is 25.1 Å². The number of oxazole rings is 1. The summed E-state index contributed by atoms with van der Waals surface area (Å²) in [6.45, 7) is 5.76. The summed E-state index contributed by atoms with van der Waals surface area (Å²) in [5, 5.41) is 20.3. The van der Waals surface area contributed by atoms with Crippen LogP contribution < -0.4 is 0 Å². The van der Waals surface area contributed by atoms with Crippen LogP contribution in [0, 0.1) is 18.2 Å². The molecule has 2 atom stereocenters. The summed E-state index contributed by atoms with van der Waals surface area (Å²) in [7, 11) is 0. The van der Waals surface area contributed by atoms with Gasteiger partial charge in [0.25, 0.3) is 0 Å². The minimum Gasteiger partial charge on any atom is -0.441 e. The van der Waals surface area contributed by atoms with Crippen molar-refractivity contribution in [3.63, 3.8) is 0 Å². The summed E-state index contributed by atoms with van der Waals surface area (Å²) in [6, 6.07) is 6.43. The van der Waals surface area contributed by atoms with Crippen LogP contribution in [-0.2, 0) is 6.54 Å². The second-order valence-electron chi connectivity index (χ2n) is 7.29. The molecule has 6 heteroatoms. The Morgan fingerprint density at radius 3 is 2.85 bits per heavy atom. The standard InChI is InChI=1S/C20H27FN2O3/c1-3-9-20(13-24)12-23(10-8-18(20)25)11-17-14(2)26-19(22-17)15-6-4-5-7-16(15)21/h4-7,18,24-25H,3,8-13H2,1-2H3/t18-,20+/m1/s1. The first-order valence-corrected chi connectivity index (χ1v) is 9.21. The van der Waals surface area contributed by atoms with E-state index < -0.39 is 11.5 Å². The lowest BCUT2D eigenvalue weighted by Gasteiger charge is -2.45. The van der Waals surface area contributed by atoms with E-state index in [1.807, 2.05) is 6.92 Å². The van der Waals surface area contributed by atoms with E-state index in [2.05, 4.69) is 16.8 Å². The molecule has 0 spiro atoms. The molecule has 1 aliphatic heterocycles. The number of piperidine rings is 1. The van der Waals surface area contributed by atoms with Gasteiger partial charge in [-0.15, -0.1) is 0 Å². The number of likely N-dealkylation sites (tertiary alicyclic amines) is 1. The highest BCUT2D eigenvalue weighted by molar-refractivity contribution is 5.54. The van der Waals surface area contributed by atoms with Gasteiger partial charge in [0.15, 0.2) is 0 Å². The van der Waals surface area contributed by atoms with Crippen molar-refractivity contribution < 1.29 is 19.0 Å². The number of aromatic nitrogens is 1. The first kappa shape index (κ1) is 19.0. The van der Waals surface area contributed by atoms with Crippen LogP contribution in [0.5, 0.6) is 0 Å². The smallest absolute Gasteiger partial charge is 0.229 e. The van der Waals surface area contributed by atoms with Crippen LogP contribution in [0.4, 0.5) is 4.39 Å². The Labute approximate surface area is 153 Å². The predicted molar refractivity (Wildman–Crippen MR) is 97.0 cm³/mol. The van der Waals surface area contributed by atoms with Gasteiger partial charge in [0.2, 0.25) is 5.89 Å². The highest BCUT2D eigenvalue weighted by Crippen LogP contribution is 2.35. The molecule has 142 valence electrons. The number of nitrogens with zero attached hydrogens (tertiary/aromatic N) is 2. The van der Waals surface area contributed by atoms with Gasteiger partial charge in [-0.3, -0.25) is 4.90 Å². The Bertz CT molecular complexity index is 748. The van der Waals surface area contributed by atoms with Gasteiger partial charge >= 0.3 is 0 Å². The summed E-state index contributed by atoms with van der Waals surface area (Å²) in [6.07, 6.45) is 1.82. The van der Waals surface area contributed by atoms with Crippen LogP contribution in [0.15, 0.2) is 28.7 Å². The predicted octanol–water partition coefficient (Wildman–Crippen LogP) is 3.13. The first-order valence-electron chi connectivity index (χ1n) is 9.21. The lowest BCUT2D eigenvalue weighted by molar-refractivity contribution is -0.0822. The molecule has 1 aromatic carbocycles. The second kappa shape index (κ2) is 7.86. The van der Waals surface area contributed by atoms with Crippen LogP contribution in [0.1, 0.15) is 37.6 Å². The van der Waals surface area contributed by atoms with Crippen molar-refractivity contribution in [1.82, 2.24) is 9.88 Å². The van der Waals surface area contributed by atoms with Crippen molar-refractivity contribution in [2.45, 2.75) is 45.8 Å². The lowest BCUT2D eigenvalue weighted by atomic mass is 9.74. The van der Waals surface area contributed by atoms with E-state index in [-0.39, 0.29) is 18.3 Å². The van der Waals surface area contributed by atoms with Crippen LogP contribution in [0.3, 0.4) is 0 Å². The van der Waals surface area contributed by atoms with Crippen molar-refractivity contribution in [3.05, 3.63) is 41.5 Å². The minimum absolute atomic E-state index is 0.0310. The summed E-state index contributed by atoms with van der Waals surface area (Å²) in [4.78, 5) is 6.69. The fourth-order valence-electron chi connectivity index (χ4n) is 3.89. The molecule has 0 unspecified atom stereocenters. The molecule has 2 N–H and O–H groups in total. The van der Waals surface area contributed by atoms with Gasteiger partial charge in [0.05, 0.1) is 24.0 Å². The van der Waals surface area contributed by atoms with E-state index in [4.69, 9.17) is 4.42 Å². The highest BCUT2D eigenvalue weighted by atomic mass is 19.1. The largest absolute Gasteiger partial charge is 0.441 e.